The second-order valence-electron chi connectivity index (χ2n) is 9.33. The number of carboxylic acids is 1. The summed E-state index contributed by atoms with van der Waals surface area (Å²) in [5, 5.41) is 17.3. The minimum atomic E-state index is -1.33. The molecule has 8 nitrogen and oxygen atoms in total. The zero-order valence-corrected chi connectivity index (χ0v) is 18.9. The number of aromatic nitrogens is 3. The maximum Gasteiger partial charge on any atom is 0.341 e. The van der Waals surface area contributed by atoms with Crippen LogP contribution in [-0.2, 0) is 6.54 Å². The van der Waals surface area contributed by atoms with Crippen LogP contribution in [0.15, 0.2) is 65.8 Å². The van der Waals surface area contributed by atoms with E-state index in [0.29, 0.717) is 29.6 Å². The van der Waals surface area contributed by atoms with Crippen molar-refractivity contribution in [2.24, 2.45) is 11.8 Å². The predicted molar refractivity (Wildman–Crippen MR) is 130 cm³/mol. The highest BCUT2D eigenvalue weighted by Crippen LogP contribution is 2.33. The maximum absolute atomic E-state index is 15.2. The number of rotatable bonds is 5. The number of anilines is 1. The van der Waals surface area contributed by atoms with Gasteiger partial charge < -0.3 is 19.9 Å². The van der Waals surface area contributed by atoms with E-state index in [2.05, 4.69) is 10.4 Å². The molecule has 0 amide bonds. The van der Waals surface area contributed by atoms with E-state index in [1.54, 1.807) is 21.5 Å². The molecule has 0 saturated carbocycles. The van der Waals surface area contributed by atoms with E-state index in [9.17, 15) is 14.7 Å². The number of carbonyl (C=O) groups is 1. The van der Waals surface area contributed by atoms with E-state index in [-0.39, 0.29) is 10.9 Å². The lowest BCUT2D eigenvalue weighted by molar-refractivity contribution is 0.0695. The van der Waals surface area contributed by atoms with Crippen LogP contribution in [0, 0.1) is 17.7 Å². The van der Waals surface area contributed by atoms with Gasteiger partial charge in [0.25, 0.3) is 0 Å². The fourth-order valence-corrected chi connectivity index (χ4v) is 5.35. The van der Waals surface area contributed by atoms with Crippen LogP contribution in [0.1, 0.15) is 15.9 Å². The summed E-state index contributed by atoms with van der Waals surface area (Å²) in [5.41, 5.74) is 1.73. The number of carboxylic acid groups (broad SMARTS) is 1. The van der Waals surface area contributed by atoms with Crippen LogP contribution in [-0.4, -0.2) is 51.6 Å². The molecular formula is C26H24FN5O3. The summed E-state index contributed by atoms with van der Waals surface area (Å²) in [4.78, 5) is 26.7. The molecule has 2 aliphatic heterocycles. The molecule has 178 valence electrons. The number of hydrogen-bond acceptors (Lipinski definition) is 5. The molecule has 2 aliphatic rings. The Bertz CT molecular complexity index is 1470. The predicted octanol–water partition coefficient (Wildman–Crippen LogP) is 2.73. The van der Waals surface area contributed by atoms with Crippen molar-refractivity contribution in [3.63, 3.8) is 0 Å². The molecule has 2 unspecified atom stereocenters. The fraction of sp³-hybridized carbons (Fsp3) is 0.269. The first-order valence-corrected chi connectivity index (χ1v) is 11.6. The van der Waals surface area contributed by atoms with Crippen molar-refractivity contribution in [2.75, 3.05) is 31.1 Å². The second kappa shape index (κ2) is 8.35. The van der Waals surface area contributed by atoms with Gasteiger partial charge in [-0.3, -0.25) is 4.79 Å². The number of fused-ring (bicyclic) bond motifs is 2. The third-order valence-electron chi connectivity index (χ3n) is 7.17. The number of benzene rings is 2. The van der Waals surface area contributed by atoms with Crippen LogP contribution in [0.3, 0.4) is 0 Å². The van der Waals surface area contributed by atoms with Crippen LogP contribution in [0.2, 0.25) is 0 Å². The molecule has 0 bridgehead atoms. The van der Waals surface area contributed by atoms with Gasteiger partial charge in [-0.05, 0) is 47.7 Å². The third-order valence-corrected chi connectivity index (χ3v) is 7.17. The molecule has 6 rings (SSSR count). The molecular weight excluding hydrogens is 449 g/mol. The standard InChI is InChI=1S/C26H24FN5O3/c27-22-8-20-23(9-24(22)31-13-17-10-28-11-18(17)14-31)30(15-21(25(20)33)26(34)35)12-16-2-4-19(5-3-16)32-7-1-6-29-32/h1-9,15,17-18,28H,10-14H2,(H,34,35). The lowest BCUT2D eigenvalue weighted by atomic mass is 10.0. The summed E-state index contributed by atoms with van der Waals surface area (Å²) in [6.07, 6.45) is 4.91. The minimum absolute atomic E-state index is 0.0698. The first-order valence-electron chi connectivity index (χ1n) is 11.6. The van der Waals surface area contributed by atoms with Crippen LogP contribution >= 0.6 is 0 Å². The lowest BCUT2D eigenvalue weighted by Gasteiger charge is -2.22. The third kappa shape index (κ3) is 3.77. The molecule has 4 aromatic rings. The maximum atomic E-state index is 15.2. The van der Waals surface area contributed by atoms with Gasteiger partial charge in [-0.2, -0.15) is 5.10 Å². The monoisotopic (exact) mass is 473 g/mol. The van der Waals surface area contributed by atoms with Crippen molar-refractivity contribution >= 4 is 22.6 Å². The molecule has 0 radical (unpaired) electrons. The largest absolute Gasteiger partial charge is 0.477 e. The van der Waals surface area contributed by atoms with E-state index in [0.717, 1.165) is 37.4 Å². The molecule has 0 aliphatic carbocycles. The fourth-order valence-electron chi connectivity index (χ4n) is 5.35. The zero-order chi connectivity index (χ0) is 24.1. The van der Waals surface area contributed by atoms with Gasteiger partial charge in [0.05, 0.1) is 16.9 Å². The number of pyridine rings is 1. The molecule has 9 heteroatoms. The van der Waals surface area contributed by atoms with E-state index in [1.165, 1.54) is 12.3 Å². The Hall–Kier alpha value is -3.98. The first-order chi connectivity index (χ1) is 17.0. The molecule has 2 aromatic carbocycles. The highest BCUT2D eigenvalue weighted by Gasteiger charge is 2.37. The molecule has 4 heterocycles. The van der Waals surface area contributed by atoms with Crippen LogP contribution < -0.4 is 15.6 Å². The van der Waals surface area contributed by atoms with Crippen molar-refractivity contribution in [3.8, 4) is 5.69 Å². The van der Waals surface area contributed by atoms with Crippen LogP contribution in [0.25, 0.3) is 16.6 Å². The summed E-state index contributed by atoms with van der Waals surface area (Å²) in [7, 11) is 0. The molecule has 2 N–H and O–H groups in total. The first kappa shape index (κ1) is 21.5. The average Bonchev–Trinajstić information content (AvgIpc) is 3.59. The average molecular weight is 474 g/mol. The number of halogens is 1. The number of nitrogens with one attached hydrogen (secondary N) is 1. The van der Waals surface area contributed by atoms with Crippen molar-refractivity contribution < 1.29 is 14.3 Å². The Morgan fingerprint density at radius 2 is 1.89 bits per heavy atom. The highest BCUT2D eigenvalue weighted by atomic mass is 19.1. The van der Waals surface area contributed by atoms with Gasteiger partial charge >= 0.3 is 5.97 Å². The molecule has 2 saturated heterocycles. The summed E-state index contributed by atoms with van der Waals surface area (Å²) in [5.74, 6) is -0.866. The van der Waals surface area contributed by atoms with Gasteiger partial charge in [-0.1, -0.05) is 12.1 Å². The highest BCUT2D eigenvalue weighted by molar-refractivity contribution is 5.93. The Labute approximate surface area is 200 Å². The Morgan fingerprint density at radius 3 is 2.54 bits per heavy atom. The van der Waals surface area contributed by atoms with Gasteiger partial charge in [-0.15, -0.1) is 0 Å². The van der Waals surface area contributed by atoms with Crippen molar-refractivity contribution in [1.29, 1.82) is 0 Å². The van der Waals surface area contributed by atoms with E-state index < -0.39 is 17.2 Å². The summed E-state index contributed by atoms with van der Waals surface area (Å²) >= 11 is 0. The quantitative estimate of drug-likeness (QED) is 0.463. The zero-order valence-electron chi connectivity index (χ0n) is 18.9. The van der Waals surface area contributed by atoms with Gasteiger partial charge in [-0.25, -0.2) is 13.9 Å². The van der Waals surface area contributed by atoms with Crippen LogP contribution in [0.4, 0.5) is 10.1 Å². The molecule has 0 spiro atoms. The van der Waals surface area contributed by atoms with Crippen molar-refractivity contribution in [2.45, 2.75) is 6.54 Å². The van der Waals surface area contributed by atoms with E-state index in [1.807, 2.05) is 41.4 Å². The van der Waals surface area contributed by atoms with Gasteiger partial charge in [0, 0.05) is 56.7 Å². The number of nitrogens with zero attached hydrogens (tertiary/aromatic N) is 4. The number of hydrogen-bond donors (Lipinski definition) is 2. The number of aromatic carboxylic acids is 1. The Kier molecular flexibility index (Phi) is 5.14. The summed E-state index contributed by atoms with van der Waals surface area (Å²) in [6, 6.07) is 12.4. The normalized spacial score (nSPS) is 19.4. The molecule has 2 atom stereocenters. The van der Waals surface area contributed by atoms with E-state index >= 15 is 4.39 Å². The molecule has 35 heavy (non-hydrogen) atoms. The molecule has 2 fully saturated rings. The Balaban J connectivity index is 1.42. The smallest absolute Gasteiger partial charge is 0.341 e. The lowest BCUT2D eigenvalue weighted by Crippen LogP contribution is -2.27. The van der Waals surface area contributed by atoms with Crippen molar-refractivity contribution in [3.05, 3.63) is 88.2 Å². The molecule has 2 aromatic heterocycles. The second-order valence-corrected chi connectivity index (χ2v) is 9.33. The Morgan fingerprint density at radius 1 is 1.14 bits per heavy atom. The van der Waals surface area contributed by atoms with Gasteiger partial charge in [0.2, 0.25) is 5.43 Å². The topological polar surface area (TPSA) is 92.4 Å². The SMILES string of the molecule is O=C(O)c1cn(Cc2ccc(-n3cccn3)cc2)c2cc(N3CC4CNCC4C3)c(F)cc2c1=O. The minimum Gasteiger partial charge on any atom is -0.477 e. The van der Waals surface area contributed by atoms with Crippen molar-refractivity contribution in [1.82, 2.24) is 19.7 Å². The van der Waals surface area contributed by atoms with Gasteiger partial charge in [0.15, 0.2) is 0 Å². The summed E-state index contributed by atoms with van der Waals surface area (Å²) in [6.45, 7) is 3.70. The van der Waals surface area contributed by atoms with Crippen LogP contribution in [0.5, 0.6) is 0 Å². The summed E-state index contributed by atoms with van der Waals surface area (Å²) < 4.78 is 18.7. The van der Waals surface area contributed by atoms with Gasteiger partial charge in [0.1, 0.15) is 11.4 Å². The van der Waals surface area contributed by atoms with E-state index in [4.69, 9.17) is 0 Å².